The fourth-order valence-corrected chi connectivity index (χ4v) is 2.26. The van der Waals surface area contributed by atoms with Gasteiger partial charge in [0.05, 0.1) is 6.54 Å². The minimum Gasteiger partial charge on any atom is -0.382 e. The van der Waals surface area contributed by atoms with E-state index in [2.05, 4.69) is 16.0 Å². The van der Waals surface area contributed by atoms with Crippen molar-refractivity contribution in [3.63, 3.8) is 0 Å². The van der Waals surface area contributed by atoms with Crippen LogP contribution in [0.3, 0.4) is 0 Å². The molecule has 1 aromatic carbocycles. The lowest BCUT2D eigenvalue weighted by molar-refractivity contribution is -0.133. The van der Waals surface area contributed by atoms with Crippen molar-refractivity contribution in [2.75, 3.05) is 13.6 Å². The van der Waals surface area contributed by atoms with Crippen LogP contribution < -0.4 is 21.7 Å². The van der Waals surface area contributed by atoms with E-state index < -0.39 is 30.0 Å². The van der Waals surface area contributed by atoms with Crippen molar-refractivity contribution in [3.05, 3.63) is 35.9 Å². The summed E-state index contributed by atoms with van der Waals surface area (Å²) in [6, 6.07) is 7.18. The number of aliphatic hydroxyl groups excluding tert-OH is 1. The molecule has 3 amide bonds. The molecule has 0 spiro atoms. The Kier molecular flexibility index (Phi) is 8.59. The van der Waals surface area contributed by atoms with E-state index in [1.165, 1.54) is 7.05 Å². The summed E-state index contributed by atoms with van der Waals surface area (Å²) in [4.78, 5) is 35.8. The molecule has 6 N–H and O–H groups in total. The molecule has 138 valence electrons. The number of carbonyl (C=O) groups is 3. The average Bonchev–Trinajstić information content (AvgIpc) is 2.63. The lowest BCUT2D eigenvalue weighted by Gasteiger charge is -2.19. The van der Waals surface area contributed by atoms with Crippen molar-refractivity contribution in [2.24, 2.45) is 5.73 Å². The zero-order valence-electron chi connectivity index (χ0n) is 14.5. The van der Waals surface area contributed by atoms with Crippen LogP contribution in [0.4, 0.5) is 0 Å². The van der Waals surface area contributed by atoms with Crippen LogP contribution in [-0.2, 0) is 14.4 Å². The molecule has 0 aliphatic heterocycles. The predicted molar refractivity (Wildman–Crippen MR) is 93.3 cm³/mol. The first kappa shape index (κ1) is 20.6. The van der Waals surface area contributed by atoms with Crippen LogP contribution in [-0.4, -0.2) is 48.6 Å². The van der Waals surface area contributed by atoms with E-state index in [4.69, 9.17) is 5.73 Å². The summed E-state index contributed by atoms with van der Waals surface area (Å²) in [5.74, 6) is -1.65. The van der Waals surface area contributed by atoms with Gasteiger partial charge in [0.2, 0.25) is 11.8 Å². The van der Waals surface area contributed by atoms with E-state index >= 15 is 0 Å². The normalized spacial score (nSPS) is 14.1. The third kappa shape index (κ3) is 6.52. The third-order valence-corrected chi connectivity index (χ3v) is 3.67. The maximum atomic E-state index is 12.1. The summed E-state index contributed by atoms with van der Waals surface area (Å²) < 4.78 is 0. The molecular formula is C17H26N4O4. The van der Waals surface area contributed by atoms with Crippen LogP contribution in [0.15, 0.2) is 30.3 Å². The zero-order valence-corrected chi connectivity index (χ0v) is 14.5. The highest BCUT2D eigenvalue weighted by molar-refractivity contribution is 5.91. The number of carbonyl (C=O) groups excluding carboxylic acids is 3. The van der Waals surface area contributed by atoms with Gasteiger partial charge in [0, 0.05) is 13.1 Å². The molecule has 0 aliphatic rings. The molecule has 25 heavy (non-hydrogen) atoms. The molecule has 0 aromatic heterocycles. The van der Waals surface area contributed by atoms with Gasteiger partial charge < -0.3 is 26.8 Å². The molecule has 0 saturated carbocycles. The standard InChI is InChI=1S/C17H26N4O4/c1-3-7-12(18)15(23)17(25)20-10-13(22)21-14(16(24)19-2)11-8-5-4-6-9-11/h4-6,8-9,12,14-15,23H,3,7,10,18H2,1-2H3,(H,19,24)(H,20,25)(H,21,22)/t12?,14-,15?/m0/s1. The molecule has 0 fully saturated rings. The topological polar surface area (TPSA) is 134 Å². The Morgan fingerprint density at radius 3 is 2.36 bits per heavy atom. The second-order valence-corrected chi connectivity index (χ2v) is 5.64. The number of hydrogen-bond acceptors (Lipinski definition) is 5. The predicted octanol–water partition coefficient (Wildman–Crippen LogP) is -0.806. The van der Waals surface area contributed by atoms with Crippen molar-refractivity contribution >= 4 is 17.7 Å². The highest BCUT2D eigenvalue weighted by Gasteiger charge is 2.24. The lowest BCUT2D eigenvalue weighted by atomic mass is 10.1. The number of nitrogens with one attached hydrogen (secondary N) is 3. The van der Waals surface area contributed by atoms with E-state index in [9.17, 15) is 19.5 Å². The van der Waals surface area contributed by atoms with Crippen LogP contribution >= 0.6 is 0 Å². The summed E-state index contributed by atoms with van der Waals surface area (Å²) in [6.07, 6.45) is -0.152. The summed E-state index contributed by atoms with van der Waals surface area (Å²) >= 11 is 0. The van der Waals surface area contributed by atoms with Gasteiger partial charge in [-0.1, -0.05) is 43.7 Å². The molecule has 8 heteroatoms. The fraction of sp³-hybridized carbons (Fsp3) is 0.471. The highest BCUT2D eigenvalue weighted by Crippen LogP contribution is 2.12. The smallest absolute Gasteiger partial charge is 0.250 e. The van der Waals surface area contributed by atoms with Crippen molar-refractivity contribution < 1.29 is 19.5 Å². The second kappa shape index (κ2) is 10.4. The molecule has 0 bridgehead atoms. The van der Waals surface area contributed by atoms with Gasteiger partial charge in [0.15, 0.2) is 0 Å². The van der Waals surface area contributed by atoms with E-state index in [1.54, 1.807) is 30.3 Å². The Bertz CT molecular complexity index is 579. The molecule has 0 aliphatic carbocycles. The largest absolute Gasteiger partial charge is 0.382 e. The van der Waals surface area contributed by atoms with E-state index in [0.717, 1.165) is 6.42 Å². The Hall–Kier alpha value is -2.45. The van der Waals surface area contributed by atoms with Gasteiger partial charge in [-0.3, -0.25) is 14.4 Å². The summed E-state index contributed by atoms with van der Waals surface area (Å²) in [6.45, 7) is 1.52. The Morgan fingerprint density at radius 2 is 1.80 bits per heavy atom. The second-order valence-electron chi connectivity index (χ2n) is 5.64. The van der Waals surface area contributed by atoms with Crippen LogP contribution in [0.25, 0.3) is 0 Å². The summed E-state index contributed by atoms with van der Waals surface area (Å²) in [7, 11) is 1.47. The molecule has 0 saturated heterocycles. The van der Waals surface area contributed by atoms with E-state index in [0.29, 0.717) is 12.0 Å². The van der Waals surface area contributed by atoms with E-state index in [1.807, 2.05) is 6.92 Å². The molecule has 2 unspecified atom stereocenters. The van der Waals surface area contributed by atoms with E-state index in [-0.39, 0.29) is 12.5 Å². The number of rotatable bonds is 9. The minimum atomic E-state index is -1.38. The molecular weight excluding hydrogens is 324 g/mol. The Labute approximate surface area is 147 Å². The van der Waals surface area contributed by atoms with Crippen molar-refractivity contribution in [3.8, 4) is 0 Å². The van der Waals surface area contributed by atoms with Crippen LogP contribution in [0.2, 0.25) is 0 Å². The molecule has 0 radical (unpaired) electrons. The number of hydrogen-bond donors (Lipinski definition) is 5. The maximum Gasteiger partial charge on any atom is 0.250 e. The monoisotopic (exact) mass is 350 g/mol. The Morgan fingerprint density at radius 1 is 1.16 bits per heavy atom. The SMILES string of the molecule is CCCC(N)C(O)C(=O)NCC(=O)N[C@H](C(=O)NC)c1ccccc1. The number of amides is 3. The number of aliphatic hydroxyl groups is 1. The van der Waals surface area contributed by atoms with Crippen LogP contribution in [0.1, 0.15) is 31.4 Å². The van der Waals surface area contributed by atoms with Crippen LogP contribution in [0.5, 0.6) is 0 Å². The molecule has 1 rings (SSSR count). The van der Waals surface area contributed by atoms with Crippen molar-refractivity contribution in [2.45, 2.75) is 38.0 Å². The van der Waals surface area contributed by atoms with Crippen molar-refractivity contribution in [1.82, 2.24) is 16.0 Å². The number of benzene rings is 1. The number of nitrogens with two attached hydrogens (primary N) is 1. The molecule has 8 nitrogen and oxygen atoms in total. The van der Waals surface area contributed by atoms with Gasteiger partial charge in [0.25, 0.3) is 5.91 Å². The Balaban J connectivity index is 2.61. The molecule has 1 aromatic rings. The zero-order chi connectivity index (χ0) is 18.8. The van der Waals surface area contributed by atoms with Gasteiger partial charge in [-0.2, -0.15) is 0 Å². The third-order valence-electron chi connectivity index (χ3n) is 3.67. The molecule has 0 heterocycles. The van der Waals surface area contributed by atoms with Gasteiger partial charge in [-0.15, -0.1) is 0 Å². The number of likely N-dealkylation sites (N-methyl/N-ethyl adjacent to an activating group) is 1. The molecule has 3 atom stereocenters. The quantitative estimate of drug-likeness (QED) is 0.397. The first-order valence-corrected chi connectivity index (χ1v) is 8.18. The lowest BCUT2D eigenvalue weighted by Crippen LogP contribution is -2.49. The first-order valence-electron chi connectivity index (χ1n) is 8.18. The highest BCUT2D eigenvalue weighted by atomic mass is 16.3. The van der Waals surface area contributed by atoms with Gasteiger partial charge in [0.1, 0.15) is 12.1 Å². The van der Waals surface area contributed by atoms with Gasteiger partial charge in [-0.05, 0) is 12.0 Å². The van der Waals surface area contributed by atoms with Gasteiger partial charge in [-0.25, -0.2) is 0 Å². The minimum absolute atomic E-state index is 0.366. The van der Waals surface area contributed by atoms with Gasteiger partial charge >= 0.3 is 0 Å². The van der Waals surface area contributed by atoms with Crippen LogP contribution in [0, 0.1) is 0 Å². The van der Waals surface area contributed by atoms with Crippen molar-refractivity contribution in [1.29, 1.82) is 0 Å². The summed E-state index contributed by atoms with van der Waals surface area (Å²) in [5, 5.41) is 17.1. The fourth-order valence-electron chi connectivity index (χ4n) is 2.26. The maximum absolute atomic E-state index is 12.1. The summed E-state index contributed by atoms with van der Waals surface area (Å²) in [5.41, 5.74) is 6.30. The first-order chi connectivity index (χ1) is 11.9. The average molecular weight is 350 g/mol.